The lowest BCUT2D eigenvalue weighted by molar-refractivity contribution is -0.149. The first-order valence-corrected chi connectivity index (χ1v) is 7.17. The monoisotopic (exact) mass is 364 g/mol. The third-order valence-corrected chi connectivity index (χ3v) is 3.41. The lowest BCUT2D eigenvalue weighted by Crippen LogP contribution is -2.31. The van der Waals surface area contributed by atoms with Gasteiger partial charge in [0.2, 0.25) is 0 Å². The van der Waals surface area contributed by atoms with Gasteiger partial charge in [0, 0.05) is 10.5 Å². The molecular weight excluding hydrogens is 347 g/mol. The molecule has 18 heavy (non-hydrogen) atoms. The van der Waals surface area contributed by atoms with Crippen molar-refractivity contribution in [3.63, 3.8) is 0 Å². The Balaban J connectivity index is 2.87. The van der Waals surface area contributed by atoms with Crippen LogP contribution in [0.1, 0.15) is 25.8 Å². The largest absolute Gasteiger partial charge is 0.508 e. The second kappa shape index (κ2) is 6.26. The third-order valence-electron chi connectivity index (χ3n) is 2.65. The number of carbonyl (C=O) groups is 1. The highest BCUT2D eigenvalue weighted by atomic mass is 127. The molecule has 2 N–H and O–H groups in total. The van der Waals surface area contributed by atoms with Crippen LogP contribution < -0.4 is 0 Å². The van der Waals surface area contributed by atoms with Crippen LogP contribution in [0, 0.1) is 0 Å². The van der Waals surface area contributed by atoms with E-state index < -0.39 is 5.41 Å². The van der Waals surface area contributed by atoms with Crippen LogP contribution in [0.5, 0.6) is 11.5 Å². The van der Waals surface area contributed by atoms with Gasteiger partial charge in [-0.1, -0.05) is 22.6 Å². The van der Waals surface area contributed by atoms with E-state index in [-0.39, 0.29) is 17.5 Å². The first kappa shape index (κ1) is 15.1. The predicted octanol–water partition coefficient (Wildman–Crippen LogP) is 2.74. The van der Waals surface area contributed by atoms with Crippen LogP contribution in [0.2, 0.25) is 0 Å². The Labute approximate surface area is 120 Å². The number of hydrogen-bond donors (Lipinski definition) is 2. The van der Waals surface area contributed by atoms with Gasteiger partial charge in [-0.25, -0.2) is 0 Å². The molecule has 0 radical (unpaired) electrons. The zero-order chi connectivity index (χ0) is 13.8. The minimum absolute atomic E-state index is 0.0712. The maximum absolute atomic E-state index is 12.0. The number of alkyl halides is 1. The number of esters is 1. The summed E-state index contributed by atoms with van der Waals surface area (Å²) in [5.41, 5.74) is -0.374. The van der Waals surface area contributed by atoms with Crippen LogP contribution in [0.3, 0.4) is 0 Å². The molecule has 0 bridgehead atoms. The van der Waals surface area contributed by atoms with Crippen LogP contribution in [0.4, 0.5) is 0 Å². The molecular formula is C13H17IO4. The van der Waals surface area contributed by atoms with Gasteiger partial charge in [-0.15, -0.1) is 0 Å². The summed E-state index contributed by atoms with van der Waals surface area (Å²) in [7, 11) is 0. The Bertz CT molecular complexity index is 409. The molecule has 0 aliphatic heterocycles. The zero-order valence-electron chi connectivity index (χ0n) is 10.4. The van der Waals surface area contributed by atoms with E-state index >= 15 is 0 Å². The quantitative estimate of drug-likeness (QED) is 0.365. The summed E-state index contributed by atoms with van der Waals surface area (Å²) in [5.74, 6) is -0.506. The smallest absolute Gasteiger partial charge is 0.315 e. The SMILES string of the molecule is CC(C)(C(=O)OCCCI)c1cc(O)cc(O)c1. The van der Waals surface area contributed by atoms with E-state index in [1.165, 1.54) is 18.2 Å². The summed E-state index contributed by atoms with van der Waals surface area (Å²) in [5, 5.41) is 18.9. The fourth-order valence-corrected chi connectivity index (χ4v) is 1.79. The molecule has 0 aliphatic rings. The van der Waals surface area contributed by atoms with Crippen LogP contribution in [-0.2, 0) is 14.9 Å². The minimum Gasteiger partial charge on any atom is -0.508 e. The molecule has 4 nitrogen and oxygen atoms in total. The van der Waals surface area contributed by atoms with Crippen molar-refractivity contribution in [1.82, 2.24) is 0 Å². The fraction of sp³-hybridized carbons (Fsp3) is 0.462. The maximum Gasteiger partial charge on any atom is 0.315 e. The summed E-state index contributed by atoms with van der Waals surface area (Å²) in [6.45, 7) is 3.79. The van der Waals surface area contributed by atoms with Gasteiger partial charge < -0.3 is 14.9 Å². The van der Waals surface area contributed by atoms with Crippen LogP contribution in [0.25, 0.3) is 0 Å². The van der Waals surface area contributed by atoms with Gasteiger partial charge in [-0.05, 0) is 38.0 Å². The molecule has 0 saturated heterocycles. The number of rotatable bonds is 5. The number of ether oxygens (including phenoxy) is 1. The summed E-state index contributed by atoms with van der Waals surface area (Å²) in [4.78, 5) is 12.0. The standard InChI is InChI=1S/C13H17IO4/c1-13(2,12(17)18-5-3-4-14)9-6-10(15)8-11(16)7-9/h6-8,15-16H,3-5H2,1-2H3. The summed E-state index contributed by atoms with van der Waals surface area (Å²) in [6.07, 6.45) is 0.813. The molecule has 0 atom stereocenters. The first-order valence-electron chi connectivity index (χ1n) is 5.64. The second-order valence-electron chi connectivity index (χ2n) is 4.54. The van der Waals surface area contributed by atoms with E-state index in [1.807, 2.05) is 0 Å². The van der Waals surface area contributed by atoms with E-state index in [2.05, 4.69) is 22.6 Å². The topological polar surface area (TPSA) is 66.8 Å². The van der Waals surface area contributed by atoms with Gasteiger partial charge in [0.25, 0.3) is 0 Å². The predicted molar refractivity (Wildman–Crippen MR) is 77.3 cm³/mol. The Hall–Kier alpha value is -0.980. The highest BCUT2D eigenvalue weighted by Gasteiger charge is 2.32. The van der Waals surface area contributed by atoms with Gasteiger partial charge in [0.15, 0.2) is 0 Å². The van der Waals surface area contributed by atoms with Crippen molar-refractivity contribution in [3.05, 3.63) is 23.8 Å². The maximum atomic E-state index is 12.0. The molecule has 1 aromatic carbocycles. The molecule has 0 heterocycles. The average molecular weight is 364 g/mol. The molecule has 0 spiro atoms. The van der Waals surface area contributed by atoms with E-state index in [0.29, 0.717) is 12.2 Å². The van der Waals surface area contributed by atoms with E-state index in [0.717, 1.165) is 10.8 Å². The molecule has 1 aromatic rings. The van der Waals surface area contributed by atoms with Crippen molar-refractivity contribution in [2.24, 2.45) is 0 Å². The van der Waals surface area contributed by atoms with Crippen LogP contribution >= 0.6 is 22.6 Å². The second-order valence-corrected chi connectivity index (χ2v) is 5.62. The molecule has 0 aliphatic carbocycles. The van der Waals surface area contributed by atoms with Crippen LogP contribution in [-0.4, -0.2) is 27.2 Å². The van der Waals surface area contributed by atoms with Gasteiger partial charge in [-0.3, -0.25) is 4.79 Å². The minimum atomic E-state index is -0.901. The number of aromatic hydroxyl groups is 2. The lowest BCUT2D eigenvalue weighted by atomic mass is 9.84. The van der Waals surface area contributed by atoms with Crippen molar-refractivity contribution in [3.8, 4) is 11.5 Å². The van der Waals surface area contributed by atoms with Gasteiger partial charge in [-0.2, -0.15) is 0 Å². The molecule has 100 valence electrons. The molecule has 5 heteroatoms. The van der Waals surface area contributed by atoms with Crippen molar-refractivity contribution in [2.45, 2.75) is 25.7 Å². The lowest BCUT2D eigenvalue weighted by Gasteiger charge is -2.23. The Morgan fingerprint density at radius 1 is 1.28 bits per heavy atom. The molecule has 0 amide bonds. The van der Waals surface area contributed by atoms with E-state index in [9.17, 15) is 15.0 Å². The number of carbonyl (C=O) groups excluding carboxylic acids is 1. The zero-order valence-corrected chi connectivity index (χ0v) is 12.6. The van der Waals surface area contributed by atoms with Crippen molar-refractivity contribution in [1.29, 1.82) is 0 Å². The number of halogens is 1. The normalized spacial score (nSPS) is 11.3. The molecule has 0 unspecified atom stereocenters. The average Bonchev–Trinajstić information content (AvgIpc) is 2.27. The summed E-state index contributed by atoms with van der Waals surface area (Å²) in [6, 6.07) is 4.14. The van der Waals surface area contributed by atoms with Gasteiger partial charge >= 0.3 is 5.97 Å². The summed E-state index contributed by atoms with van der Waals surface area (Å²) >= 11 is 2.22. The Morgan fingerprint density at radius 3 is 2.33 bits per heavy atom. The highest BCUT2D eigenvalue weighted by Crippen LogP contribution is 2.31. The molecule has 0 fully saturated rings. The fourth-order valence-electron chi connectivity index (χ4n) is 1.47. The first-order chi connectivity index (χ1) is 8.37. The van der Waals surface area contributed by atoms with Crippen molar-refractivity contribution < 1.29 is 19.7 Å². The van der Waals surface area contributed by atoms with Crippen molar-refractivity contribution >= 4 is 28.6 Å². The Kier molecular flexibility index (Phi) is 5.25. The number of benzene rings is 1. The third kappa shape index (κ3) is 3.76. The number of hydrogen-bond acceptors (Lipinski definition) is 4. The molecule has 0 aromatic heterocycles. The van der Waals surface area contributed by atoms with Crippen LogP contribution in [0.15, 0.2) is 18.2 Å². The van der Waals surface area contributed by atoms with E-state index in [1.54, 1.807) is 13.8 Å². The van der Waals surface area contributed by atoms with Crippen molar-refractivity contribution in [2.75, 3.05) is 11.0 Å². The number of phenols is 2. The molecule has 0 saturated carbocycles. The summed E-state index contributed by atoms with van der Waals surface area (Å²) < 4.78 is 6.10. The Morgan fingerprint density at radius 2 is 1.83 bits per heavy atom. The highest BCUT2D eigenvalue weighted by molar-refractivity contribution is 14.1. The van der Waals surface area contributed by atoms with Gasteiger partial charge in [0.05, 0.1) is 12.0 Å². The van der Waals surface area contributed by atoms with Gasteiger partial charge in [0.1, 0.15) is 11.5 Å². The number of phenolic OH excluding ortho intramolecular Hbond substituents is 2. The molecule has 1 rings (SSSR count). The van der Waals surface area contributed by atoms with E-state index in [4.69, 9.17) is 4.74 Å².